The van der Waals surface area contributed by atoms with Gasteiger partial charge in [0.05, 0.1) is 24.4 Å². The van der Waals surface area contributed by atoms with E-state index in [0.717, 1.165) is 61.1 Å². The van der Waals surface area contributed by atoms with Crippen LogP contribution in [0.25, 0.3) is 10.2 Å². The largest absolute Gasteiger partial charge is 0.497 e. The molecular weight excluding hydrogens is 348 g/mol. The van der Waals surface area contributed by atoms with Crippen molar-refractivity contribution in [3.05, 3.63) is 41.5 Å². The Hall–Kier alpha value is -2.38. The molecule has 2 aromatic heterocycles. The van der Waals surface area contributed by atoms with Gasteiger partial charge in [0.2, 0.25) is 0 Å². The normalized spacial score (nSPS) is 15.4. The molecule has 0 aliphatic carbocycles. The molecule has 0 unspecified atom stereocenters. The number of thiophene rings is 1. The summed E-state index contributed by atoms with van der Waals surface area (Å²) in [5.74, 6) is 2.83. The van der Waals surface area contributed by atoms with Crippen LogP contribution in [0.4, 0.5) is 5.82 Å². The molecule has 136 valence electrons. The fraction of sp³-hybridized carbons (Fsp3) is 0.368. The minimum atomic E-state index is 0.854. The number of ether oxygens (including phenoxy) is 2. The van der Waals surface area contributed by atoms with E-state index in [1.54, 1.807) is 31.9 Å². The summed E-state index contributed by atoms with van der Waals surface area (Å²) in [6.45, 7) is 4.73. The third-order valence-electron chi connectivity index (χ3n) is 4.78. The zero-order valence-corrected chi connectivity index (χ0v) is 15.8. The van der Waals surface area contributed by atoms with Gasteiger partial charge in [0.25, 0.3) is 0 Å². The summed E-state index contributed by atoms with van der Waals surface area (Å²) in [6, 6.07) is 8.02. The van der Waals surface area contributed by atoms with Gasteiger partial charge < -0.3 is 14.4 Å². The van der Waals surface area contributed by atoms with Gasteiger partial charge in [0.1, 0.15) is 23.6 Å². The Morgan fingerprint density at radius 3 is 2.65 bits per heavy atom. The van der Waals surface area contributed by atoms with Crippen LogP contribution in [0.1, 0.15) is 5.56 Å². The van der Waals surface area contributed by atoms with Crippen molar-refractivity contribution in [1.82, 2.24) is 14.9 Å². The molecule has 1 aliphatic heterocycles. The highest BCUT2D eigenvalue weighted by Gasteiger charge is 2.21. The molecule has 0 bridgehead atoms. The standard InChI is InChI=1S/C19H22N4O2S/c1-24-15-3-4-17(25-2)14(11-15)12-22-6-8-23(9-7-22)19-18-16(5-10-26-18)20-13-21-19/h3-5,10-11,13H,6-9,12H2,1-2H3. The van der Waals surface area contributed by atoms with Crippen LogP contribution < -0.4 is 14.4 Å². The fourth-order valence-corrected chi connectivity index (χ4v) is 4.23. The summed E-state index contributed by atoms with van der Waals surface area (Å²) < 4.78 is 12.0. The lowest BCUT2D eigenvalue weighted by atomic mass is 10.1. The fourth-order valence-electron chi connectivity index (χ4n) is 3.37. The monoisotopic (exact) mass is 370 g/mol. The van der Waals surface area contributed by atoms with Crippen LogP contribution in [0, 0.1) is 0 Å². The van der Waals surface area contributed by atoms with Crippen molar-refractivity contribution < 1.29 is 9.47 Å². The van der Waals surface area contributed by atoms with Gasteiger partial charge >= 0.3 is 0 Å². The Morgan fingerprint density at radius 2 is 1.88 bits per heavy atom. The minimum Gasteiger partial charge on any atom is -0.497 e. The highest BCUT2D eigenvalue weighted by molar-refractivity contribution is 7.17. The van der Waals surface area contributed by atoms with E-state index in [1.807, 2.05) is 12.1 Å². The molecular formula is C19H22N4O2S. The maximum Gasteiger partial charge on any atom is 0.150 e. The SMILES string of the molecule is COc1ccc(OC)c(CN2CCN(c3ncnc4ccsc34)CC2)c1. The van der Waals surface area contributed by atoms with E-state index < -0.39 is 0 Å². The van der Waals surface area contributed by atoms with Crippen LogP contribution in [-0.4, -0.2) is 55.3 Å². The van der Waals surface area contributed by atoms with Gasteiger partial charge in [0, 0.05) is 38.3 Å². The molecule has 0 N–H and O–H groups in total. The minimum absolute atomic E-state index is 0.854. The topological polar surface area (TPSA) is 50.7 Å². The van der Waals surface area contributed by atoms with Crippen molar-refractivity contribution in [3.63, 3.8) is 0 Å². The predicted molar refractivity (Wildman–Crippen MR) is 104 cm³/mol. The first kappa shape index (κ1) is 17.1. The molecule has 0 amide bonds. The third kappa shape index (κ3) is 3.32. The number of piperazine rings is 1. The van der Waals surface area contributed by atoms with Crippen LogP contribution in [0.5, 0.6) is 11.5 Å². The maximum atomic E-state index is 5.51. The molecule has 1 saturated heterocycles. The number of rotatable bonds is 5. The van der Waals surface area contributed by atoms with Crippen molar-refractivity contribution in [2.24, 2.45) is 0 Å². The number of hydrogen-bond acceptors (Lipinski definition) is 7. The number of hydrogen-bond donors (Lipinski definition) is 0. The lowest BCUT2D eigenvalue weighted by Crippen LogP contribution is -2.46. The van der Waals surface area contributed by atoms with Crippen LogP contribution in [0.3, 0.4) is 0 Å². The second-order valence-electron chi connectivity index (χ2n) is 6.27. The van der Waals surface area contributed by atoms with E-state index in [0.29, 0.717) is 0 Å². The zero-order valence-electron chi connectivity index (χ0n) is 15.0. The lowest BCUT2D eigenvalue weighted by molar-refractivity contribution is 0.245. The molecule has 3 aromatic rings. The number of benzene rings is 1. The molecule has 1 fully saturated rings. The molecule has 0 radical (unpaired) electrons. The van der Waals surface area contributed by atoms with E-state index in [-0.39, 0.29) is 0 Å². The van der Waals surface area contributed by atoms with E-state index in [2.05, 4.69) is 37.3 Å². The molecule has 7 heteroatoms. The van der Waals surface area contributed by atoms with E-state index in [1.165, 1.54) is 4.70 Å². The summed E-state index contributed by atoms with van der Waals surface area (Å²) in [5.41, 5.74) is 2.19. The smallest absolute Gasteiger partial charge is 0.150 e. The van der Waals surface area contributed by atoms with Crippen molar-refractivity contribution in [2.75, 3.05) is 45.3 Å². The van der Waals surface area contributed by atoms with Crippen LogP contribution >= 0.6 is 11.3 Å². The zero-order chi connectivity index (χ0) is 17.9. The van der Waals surface area contributed by atoms with Gasteiger partial charge in [-0.3, -0.25) is 4.90 Å². The van der Waals surface area contributed by atoms with Crippen molar-refractivity contribution in [2.45, 2.75) is 6.54 Å². The van der Waals surface area contributed by atoms with Crippen LogP contribution in [0.15, 0.2) is 36.0 Å². The molecule has 0 saturated carbocycles. The first-order valence-electron chi connectivity index (χ1n) is 8.65. The Labute approximate surface area is 157 Å². The van der Waals surface area contributed by atoms with Gasteiger partial charge in [-0.25, -0.2) is 9.97 Å². The van der Waals surface area contributed by atoms with Crippen LogP contribution in [0.2, 0.25) is 0 Å². The lowest BCUT2D eigenvalue weighted by Gasteiger charge is -2.35. The summed E-state index contributed by atoms with van der Waals surface area (Å²) in [5, 5.41) is 2.08. The number of anilines is 1. The van der Waals surface area contributed by atoms with E-state index >= 15 is 0 Å². The Morgan fingerprint density at radius 1 is 1.04 bits per heavy atom. The molecule has 3 heterocycles. The number of nitrogens with zero attached hydrogens (tertiary/aromatic N) is 4. The van der Waals surface area contributed by atoms with Gasteiger partial charge in [-0.05, 0) is 29.6 Å². The summed E-state index contributed by atoms with van der Waals surface area (Å²) in [7, 11) is 3.40. The average molecular weight is 370 g/mol. The molecule has 1 aliphatic rings. The van der Waals surface area contributed by atoms with Gasteiger partial charge in [-0.1, -0.05) is 0 Å². The van der Waals surface area contributed by atoms with E-state index in [4.69, 9.17) is 9.47 Å². The first-order valence-corrected chi connectivity index (χ1v) is 9.53. The van der Waals surface area contributed by atoms with Gasteiger partial charge in [-0.15, -0.1) is 11.3 Å². The maximum absolute atomic E-state index is 5.51. The number of fused-ring (bicyclic) bond motifs is 1. The van der Waals surface area contributed by atoms with E-state index in [9.17, 15) is 0 Å². The highest BCUT2D eigenvalue weighted by atomic mass is 32.1. The first-order chi connectivity index (χ1) is 12.8. The summed E-state index contributed by atoms with van der Waals surface area (Å²) >= 11 is 1.71. The predicted octanol–water partition coefficient (Wildman–Crippen LogP) is 3.03. The molecule has 0 spiro atoms. The second kappa shape index (κ2) is 7.47. The molecule has 4 rings (SSSR count). The Bertz CT molecular complexity index is 890. The Balaban J connectivity index is 1.45. The molecule has 26 heavy (non-hydrogen) atoms. The number of aromatic nitrogens is 2. The summed E-state index contributed by atoms with van der Waals surface area (Å²) in [6.07, 6.45) is 1.66. The summed E-state index contributed by atoms with van der Waals surface area (Å²) in [4.78, 5) is 13.7. The third-order valence-corrected chi connectivity index (χ3v) is 5.68. The quantitative estimate of drug-likeness (QED) is 0.688. The second-order valence-corrected chi connectivity index (χ2v) is 7.19. The average Bonchev–Trinajstić information content (AvgIpc) is 3.17. The highest BCUT2D eigenvalue weighted by Crippen LogP contribution is 2.29. The number of methoxy groups -OCH3 is 2. The van der Waals surface area contributed by atoms with Gasteiger partial charge in [-0.2, -0.15) is 0 Å². The van der Waals surface area contributed by atoms with Gasteiger partial charge in [0.15, 0.2) is 0 Å². The van der Waals surface area contributed by atoms with Crippen molar-refractivity contribution in [1.29, 1.82) is 0 Å². The molecule has 0 atom stereocenters. The van der Waals surface area contributed by atoms with Crippen molar-refractivity contribution in [3.8, 4) is 11.5 Å². The molecule has 1 aromatic carbocycles. The van der Waals surface area contributed by atoms with Crippen molar-refractivity contribution >= 4 is 27.4 Å². The van der Waals surface area contributed by atoms with Crippen LogP contribution in [-0.2, 0) is 6.54 Å². The Kier molecular flexibility index (Phi) is 4.90. The molecule has 6 nitrogen and oxygen atoms in total.